The Labute approximate surface area is 374 Å². The van der Waals surface area contributed by atoms with Crippen molar-refractivity contribution in [2.45, 2.75) is 156 Å². The normalized spacial score (nSPS) is 13.9. The Hall–Kier alpha value is -4.16. The Bertz CT molecular complexity index is 1380. The number of carboxylic acid groups (broad SMARTS) is 1. The largest absolute Gasteiger partial charge is 1.00 e. The van der Waals surface area contributed by atoms with E-state index in [9.17, 15) is 38.4 Å². The summed E-state index contributed by atoms with van der Waals surface area (Å²) in [6.45, 7) is 22.0. The number of likely N-dealkylation sites (N-methyl/N-ethyl adjacent to an activating group) is 2. The van der Waals surface area contributed by atoms with Gasteiger partial charge in [0.25, 0.3) is 0 Å². The number of carboxylic acids is 1. The van der Waals surface area contributed by atoms with Gasteiger partial charge in [-0.15, -0.1) is 0 Å². The van der Waals surface area contributed by atoms with Gasteiger partial charge in [-0.2, -0.15) is 0 Å². The fourth-order valence-corrected chi connectivity index (χ4v) is 4.54. The minimum absolute atomic E-state index is 0. The van der Waals surface area contributed by atoms with E-state index in [1.165, 1.54) is 21.0 Å². The molecule has 0 aromatic heterocycles. The summed E-state index contributed by atoms with van der Waals surface area (Å²) in [5.41, 5.74) is -1.34. The zero-order chi connectivity index (χ0) is 46.3. The number of unbranched alkanes of at least 4 members (excludes halogenated alkanes) is 2. The minimum atomic E-state index is -0.874. The second kappa shape index (κ2) is 31.6. The van der Waals surface area contributed by atoms with Gasteiger partial charge < -0.3 is 56.7 Å². The average Bonchev–Trinajstić information content (AvgIpc) is 3.11. The van der Waals surface area contributed by atoms with Crippen molar-refractivity contribution in [1.82, 2.24) is 41.7 Å². The van der Waals surface area contributed by atoms with Crippen LogP contribution < -0.4 is 50.8 Å². The monoisotopic (exact) mass is 871 g/mol. The maximum Gasteiger partial charge on any atom is 1.00 e. The molecule has 0 bridgehead atoms. The minimum Gasteiger partial charge on any atom is -0.870 e. The van der Waals surface area contributed by atoms with Crippen LogP contribution in [-0.4, -0.2) is 163 Å². The van der Waals surface area contributed by atoms with E-state index in [-0.39, 0.29) is 48.2 Å². The van der Waals surface area contributed by atoms with Crippen LogP contribution in [0.1, 0.15) is 109 Å². The molecular weight excluding hydrogens is 795 g/mol. The van der Waals surface area contributed by atoms with E-state index in [1.54, 1.807) is 81.2 Å². The maximum atomic E-state index is 12.1. The number of aliphatic carboxylic acids is 1. The fraction of sp³-hybridized carbons (Fsp3) is 0.795. The molecule has 6 atom stereocenters. The molecular formula is C39H75LiN8O13. The van der Waals surface area contributed by atoms with Gasteiger partial charge in [-0.25, -0.2) is 9.59 Å². The maximum absolute atomic E-state index is 12.1. The Morgan fingerprint density at radius 1 is 0.541 bits per heavy atom. The molecule has 0 aliphatic rings. The van der Waals surface area contributed by atoms with Crippen LogP contribution in [0.4, 0.5) is 9.59 Å². The van der Waals surface area contributed by atoms with Gasteiger partial charge in [0.15, 0.2) is 0 Å². The van der Waals surface area contributed by atoms with Crippen molar-refractivity contribution in [3.63, 3.8) is 0 Å². The first-order valence-electron chi connectivity index (χ1n) is 19.9. The van der Waals surface area contributed by atoms with E-state index in [0.717, 1.165) is 19.3 Å². The Morgan fingerprint density at radius 3 is 1.15 bits per heavy atom. The van der Waals surface area contributed by atoms with E-state index < -0.39 is 71.4 Å². The van der Waals surface area contributed by atoms with Gasteiger partial charge >= 0.3 is 43.0 Å². The van der Waals surface area contributed by atoms with Crippen LogP contribution in [0.5, 0.6) is 0 Å². The zero-order valence-corrected chi connectivity index (χ0v) is 39.4. The van der Waals surface area contributed by atoms with Crippen LogP contribution in [0.2, 0.25) is 0 Å². The molecule has 0 aliphatic heterocycles. The van der Waals surface area contributed by atoms with Crippen molar-refractivity contribution in [1.29, 1.82) is 0 Å². The molecule has 0 spiro atoms. The third kappa shape index (κ3) is 31.4. The number of rotatable bonds is 22. The van der Waals surface area contributed by atoms with Gasteiger partial charge in [-0.3, -0.25) is 38.6 Å². The summed E-state index contributed by atoms with van der Waals surface area (Å²) in [7, 11) is 4.93. The second-order valence-corrected chi connectivity index (χ2v) is 16.4. The SMILES string of the molecule is CC(NC(=O)OC(C)(C)C)C(=O)NC(C)C(=O)NCCCCN(C)C(C)C(=O)O.COC(=O)C(C)N(C)CCCCNC(=O)C(C)NC(=O)C(C)NC(=O)OC(C)(C)C.[Li+].[OH-]. The molecule has 0 heterocycles. The first-order valence-corrected chi connectivity index (χ1v) is 19.9. The number of ether oxygens (including phenoxy) is 3. The summed E-state index contributed by atoms with van der Waals surface area (Å²) in [5.74, 6) is -2.80. The molecule has 8 N–H and O–H groups in total. The molecule has 61 heavy (non-hydrogen) atoms. The zero-order valence-electron chi connectivity index (χ0n) is 39.4. The van der Waals surface area contributed by atoms with Gasteiger partial charge in [0.2, 0.25) is 23.6 Å². The first-order chi connectivity index (χ1) is 27.0. The molecule has 0 aromatic carbocycles. The standard InChI is InChI=1S/C20H38N4O6.C19H36N4O6.Li.H2O/c1-13(22-17(26)14(2)23-19(28)30-20(4,5)6)16(25)21-11-9-10-12-24(7)15(3)18(27)29-8;1-12(21-16(25)13(2)22-18(28)29-19(4,5)6)15(24)20-10-8-9-11-23(7)14(3)17(26)27;;/h13-15H,9-12H2,1-8H3,(H,21,25)(H,22,26)(H,23,28);12-14H,8-11H2,1-7H3,(H,20,24)(H,21,25)(H,22,28)(H,26,27);;1H2/q;;+1;/p-1. The van der Waals surface area contributed by atoms with E-state index in [2.05, 4.69) is 31.9 Å². The number of nitrogens with zero attached hydrogens (tertiary/aromatic N) is 2. The molecule has 0 saturated carbocycles. The van der Waals surface area contributed by atoms with Gasteiger partial charge in [-0.1, -0.05) is 0 Å². The molecule has 0 rings (SSSR count). The number of alkyl carbamates (subject to hydrolysis) is 2. The van der Waals surface area contributed by atoms with Crippen LogP contribution in [0.25, 0.3) is 0 Å². The van der Waals surface area contributed by atoms with Crippen molar-refractivity contribution in [2.75, 3.05) is 47.4 Å². The van der Waals surface area contributed by atoms with Crippen molar-refractivity contribution in [3.05, 3.63) is 0 Å². The third-order valence-corrected chi connectivity index (χ3v) is 8.45. The quantitative estimate of drug-likeness (QED) is 0.0277. The number of methoxy groups -OCH3 is 1. The predicted molar refractivity (Wildman–Crippen MR) is 223 cm³/mol. The van der Waals surface area contributed by atoms with Crippen molar-refractivity contribution >= 4 is 47.8 Å². The topological polar surface area (TPSA) is 293 Å². The number of carbonyl (C=O) groups excluding carboxylic acids is 7. The number of amides is 6. The molecule has 0 aromatic rings. The van der Waals surface area contributed by atoms with Crippen LogP contribution in [0, 0.1) is 0 Å². The molecule has 22 heteroatoms. The summed E-state index contributed by atoms with van der Waals surface area (Å²) in [6.07, 6.45) is 1.51. The van der Waals surface area contributed by atoms with E-state index >= 15 is 0 Å². The van der Waals surface area contributed by atoms with E-state index in [1.807, 2.05) is 11.9 Å². The second-order valence-electron chi connectivity index (χ2n) is 16.4. The fourth-order valence-electron chi connectivity index (χ4n) is 4.54. The van der Waals surface area contributed by atoms with Crippen LogP contribution in [-0.2, 0) is 43.0 Å². The van der Waals surface area contributed by atoms with Gasteiger partial charge in [0, 0.05) is 13.1 Å². The van der Waals surface area contributed by atoms with E-state index in [4.69, 9.17) is 19.3 Å². The number of hydrogen-bond acceptors (Lipinski definition) is 14. The smallest absolute Gasteiger partial charge is 0.870 e. The van der Waals surface area contributed by atoms with E-state index in [0.29, 0.717) is 32.6 Å². The summed E-state index contributed by atoms with van der Waals surface area (Å²) in [4.78, 5) is 97.9. The Balaban J connectivity index is -0.000000516. The molecule has 0 radical (unpaired) electrons. The van der Waals surface area contributed by atoms with Gasteiger partial charge in [0.1, 0.15) is 47.5 Å². The van der Waals surface area contributed by atoms with Gasteiger partial charge in [-0.05, 0) is 136 Å². The molecule has 350 valence electrons. The van der Waals surface area contributed by atoms with Crippen LogP contribution in [0.15, 0.2) is 0 Å². The molecule has 0 aliphatic carbocycles. The predicted octanol–water partition coefficient (Wildman–Crippen LogP) is -1.67. The van der Waals surface area contributed by atoms with Crippen molar-refractivity contribution in [3.8, 4) is 0 Å². The average molecular weight is 871 g/mol. The molecule has 0 saturated heterocycles. The number of carbonyl (C=O) groups is 8. The number of hydrogen-bond donors (Lipinski definition) is 7. The Kier molecular flexibility index (Phi) is 32.9. The summed E-state index contributed by atoms with van der Waals surface area (Å²) >= 11 is 0. The molecule has 0 fully saturated rings. The summed E-state index contributed by atoms with van der Waals surface area (Å²) in [5, 5.41) is 24.4. The summed E-state index contributed by atoms with van der Waals surface area (Å²) < 4.78 is 14.9. The van der Waals surface area contributed by atoms with Crippen molar-refractivity contribution in [2.24, 2.45) is 0 Å². The number of esters is 1. The molecule has 6 unspecified atom stereocenters. The Morgan fingerprint density at radius 2 is 0.852 bits per heavy atom. The van der Waals surface area contributed by atoms with Crippen LogP contribution in [0.3, 0.4) is 0 Å². The molecule has 21 nitrogen and oxygen atoms in total. The molecule has 6 amide bonds. The summed E-state index contributed by atoms with van der Waals surface area (Å²) in [6, 6.07) is -4.09. The van der Waals surface area contributed by atoms with Crippen molar-refractivity contribution < 1.29 is 82.0 Å². The first kappa shape index (κ1) is 63.5. The third-order valence-electron chi connectivity index (χ3n) is 8.45. The van der Waals surface area contributed by atoms with Gasteiger partial charge in [0.05, 0.1) is 7.11 Å². The number of nitrogens with one attached hydrogen (secondary N) is 6. The van der Waals surface area contributed by atoms with Crippen LogP contribution >= 0.6 is 0 Å².